The smallest absolute Gasteiger partial charge is 0.0802 e. The van der Waals surface area contributed by atoms with Gasteiger partial charge < -0.3 is 10.2 Å². The van der Waals surface area contributed by atoms with Gasteiger partial charge in [-0.2, -0.15) is 0 Å². The minimum Gasteiger partial charge on any atom is -0.390 e. The molecule has 0 amide bonds. The Hall–Kier alpha value is -0.570. The summed E-state index contributed by atoms with van der Waals surface area (Å²) >= 11 is 6.31. The van der Waals surface area contributed by atoms with E-state index in [1.807, 2.05) is 6.92 Å². The maximum Gasteiger partial charge on any atom is 0.0802 e. The first kappa shape index (κ1) is 14.8. The molecule has 2 N–H and O–H groups in total. The molecular weight excluding hydrogens is 260 g/mol. The third kappa shape index (κ3) is 3.71. The summed E-state index contributed by atoms with van der Waals surface area (Å²) in [5, 5.41) is 20.2. The highest BCUT2D eigenvalue weighted by Crippen LogP contribution is 2.28. The van der Waals surface area contributed by atoms with Crippen LogP contribution in [0.15, 0.2) is 12.1 Å². The summed E-state index contributed by atoms with van der Waals surface area (Å²) in [6.07, 6.45) is 5.37. The molecule has 1 aromatic rings. The fourth-order valence-electron chi connectivity index (χ4n) is 2.77. The standard InChI is InChI=1S/C16H23ClO2/c1-2-15(18)16(19)8-7-13-9-11-5-3-4-6-12(11)10-14(13)17/h9-10,15-16,18-19H,2-8H2,1H3. The molecule has 0 saturated heterocycles. The molecule has 0 spiro atoms. The van der Waals surface area contributed by atoms with Crippen LogP contribution in [0.2, 0.25) is 5.02 Å². The summed E-state index contributed by atoms with van der Waals surface area (Å²) in [6.45, 7) is 1.87. The number of aliphatic hydroxyl groups excluding tert-OH is 2. The Morgan fingerprint density at radius 2 is 1.74 bits per heavy atom. The first-order chi connectivity index (χ1) is 9.11. The second-order valence-electron chi connectivity index (χ2n) is 5.50. The molecule has 0 saturated carbocycles. The van der Waals surface area contributed by atoms with Gasteiger partial charge in [-0.1, -0.05) is 24.6 Å². The Morgan fingerprint density at radius 3 is 2.37 bits per heavy atom. The molecule has 0 radical (unpaired) electrons. The van der Waals surface area contributed by atoms with Crippen LogP contribution in [0.25, 0.3) is 0 Å². The van der Waals surface area contributed by atoms with Crippen LogP contribution in [0.4, 0.5) is 0 Å². The van der Waals surface area contributed by atoms with Crippen LogP contribution in [0.1, 0.15) is 49.3 Å². The number of fused-ring (bicyclic) bond motifs is 1. The van der Waals surface area contributed by atoms with E-state index in [9.17, 15) is 10.2 Å². The van der Waals surface area contributed by atoms with E-state index in [0.29, 0.717) is 12.8 Å². The number of benzene rings is 1. The van der Waals surface area contributed by atoms with Crippen molar-refractivity contribution >= 4 is 11.6 Å². The molecule has 2 unspecified atom stereocenters. The van der Waals surface area contributed by atoms with Crippen molar-refractivity contribution in [2.45, 2.75) is 64.1 Å². The Morgan fingerprint density at radius 1 is 1.11 bits per heavy atom. The first-order valence-corrected chi connectivity index (χ1v) is 7.66. The normalized spacial score (nSPS) is 17.9. The zero-order valence-electron chi connectivity index (χ0n) is 11.5. The van der Waals surface area contributed by atoms with E-state index in [0.717, 1.165) is 29.8 Å². The lowest BCUT2D eigenvalue weighted by atomic mass is 9.89. The molecule has 2 atom stereocenters. The summed E-state index contributed by atoms with van der Waals surface area (Å²) in [7, 11) is 0. The van der Waals surface area contributed by atoms with Gasteiger partial charge >= 0.3 is 0 Å². The van der Waals surface area contributed by atoms with Crippen LogP contribution in [0.3, 0.4) is 0 Å². The van der Waals surface area contributed by atoms with E-state index in [1.165, 1.54) is 24.0 Å². The van der Waals surface area contributed by atoms with Crippen LogP contribution in [0, 0.1) is 0 Å². The van der Waals surface area contributed by atoms with Crippen molar-refractivity contribution in [1.29, 1.82) is 0 Å². The first-order valence-electron chi connectivity index (χ1n) is 7.28. The van der Waals surface area contributed by atoms with Gasteiger partial charge in [0.2, 0.25) is 0 Å². The monoisotopic (exact) mass is 282 g/mol. The van der Waals surface area contributed by atoms with Gasteiger partial charge in [-0.05, 0) is 67.7 Å². The van der Waals surface area contributed by atoms with Crippen LogP contribution in [-0.2, 0) is 19.3 Å². The lowest BCUT2D eigenvalue weighted by Gasteiger charge is -2.19. The molecule has 2 nitrogen and oxygen atoms in total. The predicted molar refractivity (Wildman–Crippen MR) is 78.7 cm³/mol. The van der Waals surface area contributed by atoms with Crippen molar-refractivity contribution in [3.8, 4) is 0 Å². The highest BCUT2D eigenvalue weighted by Gasteiger charge is 2.16. The maximum absolute atomic E-state index is 9.82. The summed E-state index contributed by atoms with van der Waals surface area (Å²) < 4.78 is 0. The molecule has 1 aliphatic carbocycles. The fourth-order valence-corrected chi connectivity index (χ4v) is 3.05. The lowest BCUT2D eigenvalue weighted by Crippen LogP contribution is -2.25. The molecule has 0 aromatic heterocycles. The van der Waals surface area contributed by atoms with Gasteiger partial charge in [-0.3, -0.25) is 0 Å². The van der Waals surface area contributed by atoms with Crippen LogP contribution >= 0.6 is 11.6 Å². The van der Waals surface area contributed by atoms with Crippen LogP contribution in [-0.4, -0.2) is 22.4 Å². The minimum absolute atomic E-state index is 0.563. The summed E-state index contributed by atoms with van der Waals surface area (Å²) in [5.74, 6) is 0. The molecule has 19 heavy (non-hydrogen) atoms. The van der Waals surface area contributed by atoms with E-state index in [-0.39, 0.29) is 0 Å². The van der Waals surface area contributed by atoms with Gasteiger partial charge in [0, 0.05) is 5.02 Å². The summed E-state index contributed by atoms with van der Waals surface area (Å²) in [4.78, 5) is 0. The highest BCUT2D eigenvalue weighted by molar-refractivity contribution is 6.31. The number of hydrogen-bond acceptors (Lipinski definition) is 2. The van der Waals surface area contributed by atoms with Gasteiger partial charge in [0.15, 0.2) is 0 Å². The number of rotatable bonds is 5. The summed E-state index contributed by atoms with van der Waals surface area (Å²) in [6, 6.07) is 4.29. The van der Waals surface area contributed by atoms with Crippen molar-refractivity contribution in [2.24, 2.45) is 0 Å². The molecule has 0 fully saturated rings. The molecule has 2 rings (SSSR count). The van der Waals surface area contributed by atoms with Gasteiger partial charge in [-0.25, -0.2) is 0 Å². The Kier molecular flexibility index (Phi) is 5.26. The van der Waals surface area contributed by atoms with E-state index in [2.05, 4.69) is 12.1 Å². The van der Waals surface area contributed by atoms with Gasteiger partial charge in [0.05, 0.1) is 12.2 Å². The average Bonchev–Trinajstić information content (AvgIpc) is 2.43. The Balaban J connectivity index is 2.04. The molecule has 1 aromatic carbocycles. The highest BCUT2D eigenvalue weighted by atomic mass is 35.5. The molecule has 0 aliphatic heterocycles. The zero-order chi connectivity index (χ0) is 13.8. The van der Waals surface area contributed by atoms with Gasteiger partial charge in [0.25, 0.3) is 0 Å². The molecule has 1 aliphatic rings. The second kappa shape index (κ2) is 6.74. The van der Waals surface area contributed by atoms with Crippen LogP contribution in [0.5, 0.6) is 0 Å². The van der Waals surface area contributed by atoms with Crippen molar-refractivity contribution in [3.63, 3.8) is 0 Å². The molecule has 0 bridgehead atoms. The summed E-state index contributed by atoms with van der Waals surface area (Å²) in [5.41, 5.74) is 3.90. The zero-order valence-corrected chi connectivity index (χ0v) is 12.3. The maximum atomic E-state index is 9.82. The third-order valence-electron chi connectivity index (χ3n) is 4.08. The Labute approximate surface area is 120 Å². The molecular formula is C16H23ClO2. The van der Waals surface area contributed by atoms with Crippen molar-refractivity contribution < 1.29 is 10.2 Å². The lowest BCUT2D eigenvalue weighted by molar-refractivity contribution is 0.0130. The quantitative estimate of drug-likeness (QED) is 0.870. The third-order valence-corrected chi connectivity index (χ3v) is 4.43. The number of hydrogen-bond donors (Lipinski definition) is 2. The predicted octanol–water partition coefficient (Wildman–Crippen LogP) is 3.28. The van der Waals surface area contributed by atoms with E-state index in [1.54, 1.807) is 0 Å². The largest absolute Gasteiger partial charge is 0.390 e. The number of halogens is 1. The van der Waals surface area contributed by atoms with E-state index >= 15 is 0 Å². The van der Waals surface area contributed by atoms with Gasteiger partial charge in [0.1, 0.15) is 0 Å². The second-order valence-corrected chi connectivity index (χ2v) is 5.91. The van der Waals surface area contributed by atoms with Crippen molar-refractivity contribution in [1.82, 2.24) is 0 Å². The topological polar surface area (TPSA) is 40.5 Å². The average molecular weight is 283 g/mol. The van der Waals surface area contributed by atoms with E-state index in [4.69, 9.17) is 11.6 Å². The molecule has 0 heterocycles. The SMILES string of the molecule is CCC(O)C(O)CCc1cc2c(cc1Cl)CCCC2. The number of aryl methyl sites for hydroxylation is 3. The number of aliphatic hydroxyl groups is 2. The van der Waals surface area contributed by atoms with Gasteiger partial charge in [-0.15, -0.1) is 0 Å². The molecule has 3 heteroatoms. The fraction of sp³-hybridized carbons (Fsp3) is 0.625. The van der Waals surface area contributed by atoms with Crippen LogP contribution < -0.4 is 0 Å². The van der Waals surface area contributed by atoms with Crippen molar-refractivity contribution in [2.75, 3.05) is 0 Å². The van der Waals surface area contributed by atoms with E-state index < -0.39 is 12.2 Å². The minimum atomic E-state index is -0.655. The van der Waals surface area contributed by atoms with Crippen molar-refractivity contribution in [3.05, 3.63) is 33.8 Å². The Bertz CT molecular complexity index is 431. The molecule has 106 valence electrons.